The minimum Gasteiger partial charge on any atom is -0.335 e. The number of rotatable bonds is 3. The second-order valence-electron chi connectivity index (χ2n) is 5.97. The molecule has 0 saturated heterocycles. The second kappa shape index (κ2) is 6.28. The summed E-state index contributed by atoms with van der Waals surface area (Å²) in [7, 11) is 1.70. The highest BCUT2D eigenvalue weighted by Gasteiger charge is 2.25. The Hall–Kier alpha value is -1.85. The van der Waals surface area contributed by atoms with Crippen molar-refractivity contribution in [3.63, 3.8) is 0 Å². The van der Waals surface area contributed by atoms with Crippen LogP contribution in [0, 0.1) is 5.92 Å². The summed E-state index contributed by atoms with van der Waals surface area (Å²) in [6, 6.07) is 0.110. The first-order valence-electron chi connectivity index (χ1n) is 7.52. The van der Waals surface area contributed by atoms with Crippen molar-refractivity contribution in [3.05, 3.63) is 27.9 Å². The van der Waals surface area contributed by atoms with Crippen LogP contribution in [0.2, 0.25) is 0 Å². The molecule has 6 nitrogen and oxygen atoms in total. The molecular weight excluding hydrogens is 268 g/mol. The van der Waals surface area contributed by atoms with Gasteiger partial charge in [0.2, 0.25) is 0 Å². The average Bonchev–Trinajstić information content (AvgIpc) is 2.47. The van der Waals surface area contributed by atoms with Crippen molar-refractivity contribution in [1.29, 1.82) is 0 Å². The van der Waals surface area contributed by atoms with Crippen LogP contribution in [0.25, 0.3) is 0 Å². The molecule has 1 aliphatic rings. The van der Waals surface area contributed by atoms with Gasteiger partial charge in [0, 0.05) is 25.2 Å². The number of carbonyl (C=O) groups is 1. The van der Waals surface area contributed by atoms with Gasteiger partial charge in [-0.1, -0.05) is 20.8 Å². The average molecular weight is 292 g/mol. The summed E-state index contributed by atoms with van der Waals surface area (Å²) >= 11 is 0. The molecular formula is C15H24N4O2. The van der Waals surface area contributed by atoms with E-state index in [-0.39, 0.29) is 17.6 Å². The highest BCUT2D eigenvalue weighted by Crippen LogP contribution is 2.14. The number of carbonyl (C=O) groups excluding carboxylic acids is 1. The molecule has 21 heavy (non-hydrogen) atoms. The van der Waals surface area contributed by atoms with Crippen molar-refractivity contribution in [2.75, 3.05) is 6.54 Å². The summed E-state index contributed by atoms with van der Waals surface area (Å²) in [5, 5.41) is 3.07. The van der Waals surface area contributed by atoms with Crippen LogP contribution in [-0.2, 0) is 20.0 Å². The normalized spacial score (nSPS) is 15.8. The molecule has 0 spiro atoms. The number of fused-ring (bicyclic) bond motifs is 1. The molecule has 2 heterocycles. The van der Waals surface area contributed by atoms with Crippen LogP contribution in [0.3, 0.4) is 0 Å². The largest absolute Gasteiger partial charge is 0.335 e. The molecule has 6 heteroatoms. The minimum atomic E-state index is -0.0660. The van der Waals surface area contributed by atoms with Crippen LogP contribution in [-0.4, -0.2) is 33.1 Å². The zero-order valence-electron chi connectivity index (χ0n) is 13.2. The first-order valence-corrected chi connectivity index (χ1v) is 7.52. The summed E-state index contributed by atoms with van der Waals surface area (Å²) in [5.41, 5.74) is 1.45. The fourth-order valence-corrected chi connectivity index (χ4v) is 2.68. The van der Waals surface area contributed by atoms with Crippen LogP contribution in [0.15, 0.2) is 11.1 Å². The van der Waals surface area contributed by atoms with Crippen LogP contribution < -0.4 is 10.9 Å². The zero-order valence-corrected chi connectivity index (χ0v) is 13.2. The molecule has 2 rings (SSSR count). The van der Waals surface area contributed by atoms with Gasteiger partial charge in [0.05, 0.1) is 18.6 Å². The summed E-state index contributed by atoms with van der Waals surface area (Å²) < 4.78 is 1.49. The molecule has 1 aliphatic heterocycles. The lowest BCUT2D eigenvalue weighted by atomic mass is 10.0. The first kappa shape index (κ1) is 15.5. The third kappa shape index (κ3) is 3.25. The number of aryl methyl sites for hydroxylation is 1. The number of hydrogen-bond donors (Lipinski definition) is 1. The Morgan fingerprint density at radius 2 is 2.19 bits per heavy atom. The Balaban J connectivity index is 2.09. The maximum absolute atomic E-state index is 12.3. The zero-order chi connectivity index (χ0) is 15.6. The molecule has 1 aromatic heterocycles. The lowest BCUT2D eigenvalue weighted by Crippen LogP contribution is -2.49. The van der Waals surface area contributed by atoms with Gasteiger partial charge in [-0.05, 0) is 18.8 Å². The van der Waals surface area contributed by atoms with Gasteiger partial charge in [-0.2, -0.15) is 0 Å². The van der Waals surface area contributed by atoms with Crippen LogP contribution in [0.1, 0.15) is 38.4 Å². The second-order valence-corrected chi connectivity index (χ2v) is 5.97. The number of hydrogen-bond acceptors (Lipinski definition) is 3. The van der Waals surface area contributed by atoms with E-state index in [0.29, 0.717) is 25.4 Å². The van der Waals surface area contributed by atoms with Gasteiger partial charge < -0.3 is 14.8 Å². The van der Waals surface area contributed by atoms with E-state index < -0.39 is 0 Å². The number of nitrogens with one attached hydrogen (secondary N) is 1. The molecule has 0 saturated carbocycles. The molecule has 0 bridgehead atoms. The lowest BCUT2D eigenvalue weighted by molar-refractivity contribution is 0.183. The van der Waals surface area contributed by atoms with Gasteiger partial charge in [-0.25, -0.2) is 9.78 Å². The highest BCUT2D eigenvalue weighted by molar-refractivity contribution is 5.74. The standard InChI is InChI=1S/C15H24N4O2/c1-5-12(10(2)3)17-15(21)19-7-6-11-13(8-19)16-9-18(4)14(11)20/h9-10,12H,5-8H2,1-4H3,(H,17,21)/t12-/m0/s1. The number of urea groups is 1. The molecule has 0 aliphatic carbocycles. The van der Waals surface area contributed by atoms with E-state index in [0.717, 1.165) is 17.7 Å². The Labute approximate surface area is 125 Å². The van der Waals surface area contributed by atoms with Crippen LogP contribution in [0.5, 0.6) is 0 Å². The summed E-state index contributed by atoms with van der Waals surface area (Å²) in [5.74, 6) is 0.404. The van der Waals surface area contributed by atoms with E-state index >= 15 is 0 Å². The van der Waals surface area contributed by atoms with Crippen molar-refractivity contribution < 1.29 is 4.79 Å². The predicted molar refractivity (Wildman–Crippen MR) is 81.0 cm³/mol. The number of aromatic nitrogens is 2. The minimum absolute atomic E-state index is 0.00586. The van der Waals surface area contributed by atoms with Gasteiger partial charge in [-0.15, -0.1) is 0 Å². The Morgan fingerprint density at radius 1 is 1.48 bits per heavy atom. The molecule has 1 aromatic rings. The van der Waals surface area contributed by atoms with Crippen LogP contribution in [0.4, 0.5) is 4.79 Å². The van der Waals surface area contributed by atoms with Crippen molar-refractivity contribution in [2.45, 2.75) is 46.2 Å². The quantitative estimate of drug-likeness (QED) is 0.912. The Morgan fingerprint density at radius 3 is 2.81 bits per heavy atom. The van der Waals surface area contributed by atoms with Crippen molar-refractivity contribution in [2.24, 2.45) is 13.0 Å². The lowest BCUT2D eigenvalue weighted by Gasteiger charge is -2.30. The first-order chi connectivity index (χ1) is 9.93. The Kier molecular flexibility index (Phi) is 4.65. The van der Waals surface area contributed by atoms with E-state index in [2.05, 4.69) is 31.1 Å². The van der Waals surface area contributed by atoms with Gasteiger partial charge in [-0.3, -0.25) is 4.79 Å². The van der Waals surface area contributed by atoms with Gasteiger partial charge in [0.25, 0.3) is 5.56 Å². The molecule has 116 valence electrons. The number of amides is 2. The highest BCUT2D eigenvalue weighted by atomic mass is 16.2. The van der Waals surface area contributed by atoms with Gasteiger partial charge in [0.1, 0.15) is 0 Å². The van der Waals surface area contributed by atoms with E-state index in [1.54, 1.807) is 11.9 Å². The van der Waals surface area contributed by atoms with Crippen LogP contribution >= 0.6 is 0 Å². The van der Waals surface area contributed by atoms with Crippen molar-refractivity contribution >= 4 is 6.03 Å². The molecule has 0 unspecified atom stereocenters. The monoisotopic (exact) mass is 292 g/mol. The van der Waals surface area contributed by atoms with E-state index in [1.807, 2.05) is 0 Å². The number of nitrogens with zero attached hydrogens (tertiary/aromatic N) is 3. The fourth-order valence-electron chi connectivity index (χ4n) is 2.68. The van der Waals surface area contributed by atoms with Crippen molar-refractivity contribution in [3.8, 4) is 0 Å². The Bertz CT molecular complexity index is 580. The molecule has 1 atom stereocenters. The smallest absolute Gasteiger partial charge is 0.317 e. The summed E-state index contributed by atoms with van der Waals surface area (Å²) in [4.78, 5) is 30.4. The van der Waals surface area contributed by atoms with Gasteiger partial charge >= 0.3 is 6.03 Å². The molecule has 2 amide bonds. The van der Waals surface area contributed by atoms with E-state index in [4.69, 9.17) is 0 Å². The van der Waals surface area contributed by atoms with E-state index in [1.165, 1.54) is 10.9 Å². The maximum Gasteiger partial charge on any atom is 0.317 e. The molecule has 0 radical (unpaired) electrons. The summed E-state index contributed by atoms with van der Waals surface area (Å²) in [6.45, 7) is 7.25. The molecule has 0 aromatic carbocycles. The SMILES string of the molecule is CC[C@H](NC(=O)N1CCc2c(ncn(C)c2=O)C1)C(C)C. The third-order valence-electron chi connectivity index (χ3n) is 4.13. The van der Waals surface area contributed by atoms with Crippen molar-refractivity contribution in [1.82, 2.24) is 19.8 Å². The fraction of sp³-hybridized carbons (Fsp3) is 0.667. The maximum atomic E-state index is 12.3. The van der Waals surface area contributed by atoms with Gasteiger partial charge in [0.15, 0.2) is 0 Å². The third-order valence-corrected chi connectivity index (χ3v) is 4.13. The summed E-state index contributed by atoms with van der Waals surface area (Å²) in [6.07, 6.45) is 3.00. The predicted octanol–water partition coefficient (Wildman–Crippen LogP) is 1.28. The molecule has 0 fully saturated rings. The topological polar surface area (TPSA) is 67.2 Å². The van der Waals surface area contributed by atoms with E-state index in [9.17, 15) is 9.59 Å². The molecule has 1 N–H and O–H groups in total.